The fourth-order valence-corrected chi connectivity index (χ4v) is 6.01. The molecule has 1 spiro atoms. The van der Waals surface area contributed by atoms with E-state index in [0.717, 1.165) is 32.1 Å². The first-order chi connectivity index (χ1) is 8.41. The molecule has 100 valence electrons. The van der Waals surface area contributed by atoms with E-state index in [0.29, 0.717) is 11.8 Å². The number of rotatable bonds is 2. The van der Waals surface area contributed by atoms with Crippen molar-refractivity contribution in [3.63, 3.8) is 0 Å². The van der Waals surface area contributed by atoms with Crippen LogP contribution >= 0.6 is 0 Å². The first kappa shape index (κ1) is 12.4. The smallest absolute Gasteiger partial charge is 0.126 e. The molecule has 0 aromatic rings. The van der Waals surface area contributed by atoms with E-state index < -0.39 is 0 Å². The van der Waals surface area contributed by atoms with E-state index in [2.05, 4.69) is 20.8 Å². The third kappa shape index (κ3) is 1.15. The SMILES string of the molecule is CC1(C)C(C=O)C2CCC3(C2)C1CCC3(C)C=O. The lowest BCUT2D eigenvalue weighted by molar-refractivity contribution is -0.134. The highest BCUT2D eigenvalue weighted by Crippen LogP contribution is 2.73. The van der Waals surface area contributed by atoms with E-state index in [-0.39, 0.29) is 22.2 Å². The number of carbonyl (C=O) groups excluding carboxylic acids is 2. The lowest BCUT2D eigenvalue weighted by Crippen LogP contribution is -2.51. The van der Waals surface area contributed by atoms with Crippen molar-refractivity contribution in [2.45, 2.75) is 52.9 Å². The van der Waals surface area contributed by atoms with Crippen molar-refractivity contribution >= 4 is 12.6 Å². The molecule has 0 aromatic carbocycles. The van der Waals surface area contributed by atoms with Gasteiger partial charge in [0.15, 0.2) is 0 Å². The standard InChI is InChI=1S/C16H24O2/c1-14(2)12(9-17)11-4-7-16(8-11)13(14)5-6-15(16,3)10-18/h9-13H,4-8H2,1-3H3. The van der Waals surface area contributed by atoms with Crippen LogP contribution in [0.3, 0.4) is 0 Å². The minimum atomic E-state index is -0.141. The third-order valence-electron chi connectivity index (χ3n) is 7.02. The van der Waals surface area contributed by atoms with E-state index in [1.54, 1.807) is 0 Å². The summed E-state index contributed by atoms with van der Waals surface area (Å²) in [5, 5.41) is 0. The van der Waals surface area contributed by atoms with Crippen LogP contribution in [0.5, 0.6) is 0 Å². The molecule has 3 fully saturated rings. The Labute approximate surface area is 110 Å². The van der Waals surface area contributed by atoms with Crippen molar-refractivity contribution in [3.8, 4) is 0 Å². The zero-order valence-electron chi connectivity index (χ0n) is 11.7. The van der Waals surface area contributed by atoms with Gasteiger partial charge in [-0.25, -0.2) is 0 Å². The van der Waals surface area contributed by atoms with E-state index in [9.17, 15) is 9.59 Å². The van der Waals surface area contributed by atoms with Gasteiger partial charge in [-0.15, -0.1) is 0 Å². The Balaban J connectivity index is 2.11. The lowest BCUT2D eigenvalue weighted by atomic mass is 9.49. The summed E-state index contributed by atoms with van der Waals surface area (Å²) < 4.78 is 0. The summed E-state index contributed by atoms with van der Waals surface area (Å²) in [7, 11) is 0. The lowest BCUT2D eigenvalue weighted by Gasteiger charge is -2.54. The molecule has 0 N–H and O–H groups in total. The summed E-state index contributed by atoms with van der Waals surface area (Å²) in [4.78, 5) is 23.2. The minimum Gasteiger partial charge on any atom is -0.303 e. The normalized spacial score (nSPS) is 52.9. The van der Waals surface area contributed by atoms with Crippen molar-refractivity contribution in [2.24, 2.45) is 34.0 Å². The quantitative estimate of drug-likeness (QED) is 0.703. The molecule has 0 aromatic heterocycles. The average molecular weight is 248 g/mol. The molecule has 0 aliphatic heterocycles. The van der Waals surface area contributed by atoms with E-state index in [1.165, 1.54) is 12.6 Å². The predicted molar refractivity (Wildman–Crippen MR) is 70.0 cm³/mol. The van der Waals surface area contributed by atoms with Gasteiger partial charge in [0.2, 0.25) is 0 Å². The van der Waals surface area contributed by atoms with Crippen LogP contribution in [0, 0.1) is 34.0 Å². The van der Waals surface area contributed by atoms with E-state index in [1.807, 2.05) is 0 Å². The van der Waals surface area contributed by atoms with Crippen molar-refractivity contribution in [3.05, 3.63) is 0 Å². The highest BCUT2D eigenvalue weighted by molar-refractivity contribution is 5.63. The molecule has 3 aliphatic carbocycles. The Morgan fingerprint density at radius 2 is 1.78 bits per heavy atom. The molecule has 5 atom stereocenters. The van der Waals surface area contributed by atoms with Gasteiger partial charge in [-0.3, -0.25) is 0 Å². The second kappa shape index (κ2) is 3.46. The fourth-order valence-electron chi connectivity index (χ4n) is 6.01. The molecular formula is C16H24O2. The van der Waals surface area contributed by atoms with Crippen LogP contribution in [0.2, 0.25) is 0 Å². The van der Waals surface area contributed by atoms with Crippen LogP contribution in [0.4, 0.5) is 0 Å². The summed E-state index contributed by atoms with van der Waals surface area (Å²) in [5.74, 6) is 1.27. The molecule has 2 heteroatoms. The average Bonchev–Trinajstić information content (AvgIpc) is 2.84. The summed E-state index contributed by atoms with van der Waals surface area (Å²) in [6.07, 6.45) is 7.99. The zero-order chi connectivity index (χ0) is 13.2. The van der Waals surface area contributed by atoms with Crippen molar-refractivity contribution in [1.82, 2.24) is 0 Å². The molecule has 2 nitrogen and oxygen atoms in total. The van der Waals surface area contributed by atoms with Crippen LogP contribution in [0.15, 0.2) is 0 Å². The van der Waals surface area contributed by atoms with Gasteiger partial charge in [-0.1, -0.05) is 20.8 Å². The Bertz CT molecular complexity index is 400. The van der Waals surface area contributed by atoms with Gasteiger partial charge < -0.3 is 9.59 Å². The monoisotopic (exact) mass is 248 g/mol. The Morgan fingerprint density at radius 1 is 1.06 bits per heavy atom. The molecule has 5 unspecified atom stereocenters. The van der Waals surface area contributed by atoms with Crippen LogP contribution in [-0.4, -0.2) is 12.6 Å². The number of hydrogen-bond acceptors (Lipinski definition) is 2. The van der Waals surface area contributed by atoms with Gasteiger partial charge in [-0.2, -0.15) is 0 Å². The van der Waals surface area contributed by atoms with Crippen LogP contribution in [-0.2, 0) is 9.59 Å². The largest absolute Gasteiger partial charge is 0.303 e. The highest BCUT2D eigenvalue weighted by Gasteiger charge is 2.68. The van der Waals surface area contributed by atoms with Gasteiger partial charge >= 0.3 is 0 Å². The van der Waals surface area contributed by atoms with Crippen molar-refractivity contribution < 1.29 is 9.59 Å². The zero-order valence-corrected chi connectivity index (χ0v) is 11.7. The fraction of sp³-hybridized carbons (Fsp3) is 0.875. The third-order valence-corrected chi connectivity index (χ3v) is 7.02. The van der Waals surface area contributed by atoms with Gasteiger partial charge in [0.1, 0.15) is 12.6 Å². The maximum absolute atomic E-state index is 11.7. The van der Waals surface area contributed by atoms with E-state index in [4.69, 9.17) is 0 Å². The molecule has 3 aliphatic rings. The summed E-state index contributed by atoms with van der Waals surface area (Å²) in [6.45, 7) is 6.69. The summed E-state index contributed by atoms with van der Waals surface area (Å²) in [6, 6.07) is 0. The topological polar surface area (TPSA) is 34.1 Å². The van der Waals surface area contributed by atoms with Crippen LogP contribution in [0.1, 0.15) is 52.9 Å². The van der Waals surface area contributed by atoms with Crippen molar-refractivity contribution in [2.75, 3.05) is 0 Å². The van der Waals surface area contributed by atoms with Gasteiger partial charge in [-0.05, 0) is 54.8 Å². The number of carbonyl (C=O) groups is 2. The minimum absolute atomic E-state index is 0.0714. The molecule has 0 heterocycles. The molecule has 0 amide bonds. The molecule has 3 rings (SSSR count). The molecule has 0 radical (unpaired) electrons. The highest BCUT2D eigenvalue weighted by atomic mass is 16.1. The van der Waals surface area contributed by atoms with Gasteiger partial charge in [0.25, 0.3) is 0 Å². The first-order valence-electron chi connectivity index (χ1n) is 7.33. The Morgan fingerprint density at radius 3 is 2.39 bits per heavy atom. The van der Waals surface area contributed by atoms with Crippen molar-refractivity contribution in [1.29, 1.82) is 0 Å². The molecule has 3 saturated carbocycles. The Hall–Kier alpha value is -0.660. The predicted octanol–water partition coefficient (Wildman–Crippen LogP) is 3.24. The molecular weight excluding hydrogens is 224 g/mol. The molecule has 2 bridgehead atoms. The first-order valence-corrected chi connectivity index (χ1v) is 7.33. The van der Waals surface area contributed by atoms with Gasteiger partial charge in [0.05, 0.1) is 0 Å². The van der Waals surface area contributed by atoms with Crippen LogP contribution < -0.4 is 0 Å². The maximum Gasteiger partial charge on any atom is 0.126 e. The number of fused-ring (bicyclic) bond motifs is 1. The molecule has 18 heavy (non-hydrogen) atoms. The summed E-state index contributed by atoms with van der Waals surface area (Å²) >= 11 is 0. The second-order valence-corrected chi connectivity index (χ2v) is 7.77. The second-order valence-electron chi connectivity index (χ2n) is 7.77. The van der Waals surface area contributed by atoms with Crippen LogP contribution in [0.25, 0.3) is 0 Å². The number of aldehydes is 2. The number of hydrogen-bond donors (Lipinski definition) is 0. The maximum atomic E-state index is 11.7. The molecule has 0 saturated heterocycles. The Kier molecular flexibility index (Phi) is 2.38. The van der Waals surface area contributed by atoms with E-state index >= 15 is 0 Å². The summed E-state index contributed by atoms with van der Waals surface area (Å²) in [5.41, 5.74) is 0.127. The van der Waals surface area contributed by atoms with Gasteiger partial charge in [0, 0.05) is 11.3 Å².